The van der Waals surface area contributed by atoms with Gasteiger partial charge in [-0.2, -0.15) is 0 Å². The summed E-state index contributed by atoms with van der Waals surface area (Å²) in [5.74, 6) is -0.0604. The monoisotopic (exact) mass is 486 g/mol. The summed E-state index contributed by atoms with van der Waals surface area (Å²) in [6.45, 7) is 10.7. The van der Waals surface area contributed by atoms with Crippen LogP contribution >= 0.6 is 0 Å². The molecule has 1 aliphatic rings. The summed E-state index contributed by atoms with van der Waals surface area (Å²) in [4.78, 5) is 22.6. The third kappa shape index (κ3) is 7.06. The molecule has 0 saturated heterocycles. The van der Waals surface area contributed by atoms with Crippen LogP contribution in [0.15, 0.2) is 24.3 Å². The molecule has 2 atom stereocenters. The van der Waals surface area contributed by atoms with Crippen LogP contribution < -0.4 is 5.32 Å². The highest BCUT2D eigenvalue weighted by atomic mass is 16.6. The molecule has 1 aliphatic carbocycles. The summed E-state index contributed by atoms with van der Waals surface area (Å²) in [5, 5.41) is 37.2. The van der Waals surface area contributed by atoms with Gasteiger partial charge >= 0.3 is 5.97 Å². The lowest BCUT2D eigenvalue weighted by Crippen LogP contribution is -2.43. The SMILES string of the molecule is CC(C)(C)CC(C)(C)n1nnnc1C(NC(CC(=O)O)C1CCCCC1)c1ccc([N+](=O)[O-])cc1. The number of carbonyl (C=O) groups is 1. The number of hydrogen-bond donors (Lipinski definition) is 2. The number of hydrogen-bond acceptors (Lipinski definition) is 7. The second kappa shape index (κ2) is 10.8. The number of nitrogens with one attached hydrogen (secondary N) is 1. The van der Waals surface area contributed by atoms with Crippen LogP contribution in [-0.4, -0.2) is 42.2 Å². The van der Waals surface area contributed by atoms with Crippen molar-refractivity contribution in [2.45, 2.75) is 97.2 Å². The van der Waals surface area contributed by atoms with Crippen LogP contribution in [0.2, 0.25) is 0 Å². The van der Waals surface area contributed by atoms with E-state index >= 15 is 0 Å². The number of tetrazole rings is 1. The van der Waals surface area contributed by atoms with Gasteiger partial charge in [0.15, 0.2) is 5.82 Å². The van der Waals surface area contributed by atoms with Gasteiger partial charge in [0.05, 0.1) is 22.9 Å². The van der Waals surface area contributed by atoms with Crippen molar-refractivity contribution in [1.82, 2.24) is 25.5 Å². The number of carboxylic acids is 1. The van der Waals surface area contributed by atoms with Gasteiger partial charge in [0.2, 0.25) is 0 Å². The number of nitro groups is 1. The smallest absolute Gasteiger partial charge is 0.304 e. The minimum Gasteiger partial charge on any atom is -0.481 e. The summed E-state index contributed by atoms with van der Waals surface area (Å²) in [5.41, 5.74) is 0.362. The van der Waals surface area contributed by atoms with Crippen LogP contribution in [0.5, 0.6) is 0 Å². The Morgan fingerprint density at radius 2 is 1.80 bits per heavy atom. The van der Waals surface area contributed by atoms with E-state index in [0.29, 0.717) is 5.82 Å². The molecule has 1 fully saturated rings. The molecule has 0 spiro atoms. The number of rotatable bonds is 10. The zero-order valence-corrected chi connectivity index (χ0v) is 21.4. The lowest BCUT2D eigenvalue weighted by molar-refractivity contribution is -0.384. The maximum Gasteiger partial charge on any atom is 0.304 e. The fraction of sp³-hybridized carbons (Fsp3) is 0.680. The van der Waals surface area contributed by atoms with Gasteiger partial charge in [-0.1, -0.05) is 52.2 Å². The van der Waals surface area contributed by atoms with Gasteiger partial charge in [-0.15, -0.1) is 5.10 Å². The van der Waals surface area contributed by atoms with Gasteiger partial charge in [-0.25, -0.2) is 4.68 Å². The molecule has 3 rings (SSSR count). The Kier molecular flexibility index (Phi) is 8.25. The highest BCUT2D eigenvalue weighted by molar-refractivity contribution is 5.67. The Balaban J connectivity index is 2.05. The summed E-state index contributed by atoms with van der Waals surface area (Å²) in [6, 6.07) is 5.53. The molecule has 0 bridgehead atoms. The van der Waals surface area contributed by atoms with Crippen LogP contribution in [0.25, 0.3) is 0 Å². The first kappa shape index (κ1) is 26.7. The Morgan fingerprint density at radius 3 is 2.34 bits per heavy atom. The third-order valence-electron chi connectivity index (χ3n) is 6.72. The molecule has 2 N–H and O–H groups in total. The number of non-ortho nitro benzene ring substituents is 1. The molecule has 10 heteroatoms. The third-order valence-corrected chi connectivity index (χ3v) is 6.72. The van der Waals surface area contributed by atoms with Crippen molar-refractivity contribution >= 4 is 11.7 Å². The van der Waals surface area contributed by atoms with E-state index in [1.807, 2.05) is 4.68 Å². The van der Waals surface area contributed by atoms with E-state index in [4.69, 9.17) is 0 Å². The number of aromatic nitrogens is 4. The molecule has 35 heavy (non-hydrogen) atoms. The highest BCUT2D eigenvalue weighted by Gasteiger charge is 2.36. The number of aliphatic carboxylic acids is 1. The average Bonchev–Trinajstić information content (AvgIpc) is 3.26. The van der Waals surface area contributed by atoms with Crippen LogP contribution in [0.4, 0.5) is 5.69 Å². The Morgan fingerprint density at radius 1 is 1.17 bits per heavy atom. The minimum atomic E-state index is -0.858. The quantitative estimate of drug-likeness (QED) is 0.359. The van der Waals surface area contributed by atoms with Crippen molar-refractivity contribution in [1.29, 1.82) is 0 Å². The zero-order chi connectivity index (χ0) is 25.8. The number of nitrogens with zero attached hydrogens (tertiary/aromatic N) is 5. The number of nitro benzene ring substituents is 1. The fourth-order valence-corrected chi connectivity index (χ4v) is 5.59. The highest BCUT2D eigenvalue weighted by Crippen LogP contribution is 2.35. The van der Waals surface area contributed by atoms with E-state index in [0.717, 1.165) is 37.7 Å². The standard InChI is InChI=1S/C25H38N6O4/c1-24(2,3)16-25(4,5)30-23(27-28-29-30)22(18-11-13-19(14-12-18)31(34)35)26-20(15-21(32)33)17-9-7-6-8-10-17/h11-14,17,20,22,26H,6-10,15-16H2,1-5H3,(H,32,33). The summed E-state index contributed by atoms with van der Waals surface area (Å²) in [6.07, 6.45) is 6.08. The molecule has 1 aromatic carbocycles. The number of benzene rings is 1. The van der Waals surface area contributed by atoms with Crippen LogP contribution in [0.3, 0.4) is 0 Å². The van der Waals surface area contributed by atoms with Crippen molar-refractivity contribution in [3.05, 3.63) is 45.8 Å². The van der Waals surface area contributed by atoms with Gasteiger partial charge in [0, 0.05) is 18.2 Å². The molecule has 1 heterocycles. The molecule has 1 aromatic heterocycles. The molecule has 10 nitrogen and oxygen atoms in total. The molecule has 0 amide bonds. The minimum absolute atomic E-state index is 0.00507. The van der Waals surface area contributed by atoms with Crippen molar-refractivity contribution in [3.8, 4) is 0 Å². The first-order chi connectivity index (χ1) is 16.4. The largest absolute Gasteiger partial charge is 0.481 e. The molecule has 1 saturated carbocycles. The topological polar surface area (TPSA) is 136 Å². The van der Waals surface area contributed by atoms with E-state index in [2.05, 4.69) is 55.5 Å². The van der Waals surface area contributed by atoms with Gasteiger partial charge in [0.25, 0.3) is 5.69 Å². The van der Waals surface area contributed by atoms with Crippen LogP contribution in [0.1, 0.15) is 97.0 Å². The molecule has 2 aromatic rings. The van der Waals surface area contributed by atoms with E-state index in [9.17, 15) is 20.0 Å². The molecular formula is C25H38N6O4. The molecule has 2 unspecified atom stereocenters. The second-order valence-electron chi connectivity index (χ2n) is 11.5. The first-order valence-electron chi connectivity index (χ1n) is 12.4. The Labute approximate surface area is 206 Å². The predicted molar refractivity (Wildman–Crippen MR) is 132 cm³/mol. The molecule has 0 aliphatic heterocycles. The molecular weight excluding hydrogens is 448 g/mol. The lowest BCUT2D eigenvalue weighted by Gasteiger charge is -2.36. The Bertz CT molecular complexity index is 1010. The van der Waals surface area contributed by atoms with Crippen LogP contribution in [0, 0.1) is 21.4 Å². The lowest BCUT2D eigenvalue weighted by atomic mass is 9.81. The van der Waals surface area contributed by atoms with Crippen molar-refractivity contribution < 1.29 is 14.8 Å². The predicted octanol–water partition coefficient (Wildman–Crippen LogP) is 4.86. The van der Waals surface area contributed by atoms with Crippen molar-refractivity contribution in [2.75, 3.05) is 0 Å². The first-order valence-corrected chi connectivity index (χ1v) is 12.4. The van der Waals surface area contributed by atoms with Crippen LogP contribution in [-0.2, 0) is 10.3 Å². The summed E-state index contributed by atoms with van der Waals surface area (Å²) < 4.78 is 1.82. The van der Waals surface area contributed by atoms with Gasteiger partial charge in [-0.05, 0) is 60.4 Å². The number of carboxylic acid groups (broad SMARTS) is 1. The van der Waals surface area contributed by atoms with E-state index in [1.165, 1.54) is 18.6 Å². The van der Waals surface area contributed by atoms with E-state index in [-0.39, 0.29) is 29.5 Å². The van der Waals surface area contributed by atoms with E-state index in [1.54, 1.807) is 12.1 Å². The maximum absolute atomic E-state index is 11.8. The van der Waals surface area contributed by atoms with Gasteiger partial charge in [-0.3, -0.25) is 20.2 Å². The van der Waals surface area contributed by atoms with Gasteiger partial charge in [0.1, 0.15) is 0 Å². The Hall–Kier alpha value is -2.88. The fourth-order valence-electron chi connectivity index (χ4n) is 5.59. The van der Waals surface area contributed by atoms with Gasteiger partial charge < -0.3 is 5.11 Å². The van der Waals surface area contributed by atoms with Crippen molar-refractivity contribution in [3.63, 3.8) is 0 Å². The molecule has 0 radical (unpaired) electrons. The summed E-state index contributed by atoms with van der Waals surface area (Å²) in [7, 11) is 0. The second-order valence-corrected chi connectivity index (χ2v) is 11.5. The average molecular weight is 487 g/mol. The normalized spacial score (nSPS) is 17.2. The maximum atomic E-state index is 11.8. The van der Waals surface area contributed by atoms with E-state index < -0.39 is 22.5 Å². The zero-order valence-electron chi connectivity index (χ0n) is 21.4. The molecule has 192 valence electrons. The summed E-state index contributed by atoms with van der Waals surface area (Å²) >= 11 is 0. The van der Waals surface area contributed by atoms with Crippen molar-refractivity contribution in [2.24, 2.45) is 11.3 Å².